The van der Waals surface area contributed by atoms with E-state index in [2.05, 4.69) is 9.98 Å². The highest BCUT2D eigenvalue weighted by molar-refractivity contribution is 6.18. The maximum absolute atomic E-state index is 10.7. The SMILES string of the molecule is NC(C(=O)O)C(C(=O)O)[C+]1N=CC=N1. The van der Waals surface area contributed by atoms with Gasteiger partial charge in [0.1, 0.15) is 6.04 Å². The summed E-state index contributed by atoms with van der Waals surface area (Å²) in [5.41, 5.74) is 5.19. The topological polar surface area (TPSA) is 125 Å². The van der Waals surface area contributed by atoms with E-state index < -0.39 is 23.9 Å². The molecule has 0 bridgehead atoms. The summed E-state index contributed by atoms with van der Waals surface area (Å²) in [5, 5.41) is 17.3. The number of aliphatic imine (C=N–C) groups is 2. The van der Waals surface area contributed by atoms with Crippen LogP contribution in [0.1, 0.15) is 0 Å². The Hall–Kier alpha value is -1.89. The number of hydrogen-bond donors (Lipinski definition) is 3. The molecule has 0 aromatic rings. The van der Waals surface area contributed by atoms with Crippen molar-refractivity contribution in [1.29, 1.82) is 0 Å². The first-order valence-electron chi connectivity index (χ1n) is 3.69. The fourth-order valence-electron chi connectivity index (χ4n) is 0.981. The molecule has 0 saturated carbocycles. The summed E-state index contributed by atoms with van der Waals surface area (Å²) in [5.74, 6) is -4.17. The van der Waals surface area contributed by atoms with Crippen molar-refractivity contribution in [3.63, 3.8) is 0 Å². The minimum Gasteiger partial charge on any atom is -0.480 e. The van der Waals surface area contributed by atoms with Crippen molar-refractivity contribution in [3.8, 4) is 0 Å². The Bertz CT molecular complexity index is 300. The quantitative estimate of drug-likeness (QED) is 0.486. The van der Waals surface area contributed by atoms with Gasteiger partial charge in [0.25, 0.3) is 6.17 Å². The fraction of sp³-hybridized carbons (Fsp3) is 0.286. The van der Waals surface area contributed by atoms with Gasteiger partial charge in [0.05, 0.1) is 0 Å². The molecule has 2 atom stereocenters. The molecule has 1 aliphatic rings. The van der Waals surface area contributed by atoms with Crippen LogP contribution in [0.25, 0.3) is 0 Å². The monoisotopic (exact) mass is 198 g/mol. The zero-order chi connectivity index (χ0) is 10.7. The maximum atomic E-state index is 10.7. The number of aliphatic carboxylic acids is 2. The Morgan fingerprint density at radius 3 is 2.07 bits per heavy atom. The number of carboxylic acid groups (broad SMARTS) is 2. The van der Waals surface area contributed by atoms with Crippen LogP contribution in [-0.4, -0.2) is 40.6 Å². The molecular formula is C7H8N3O4+. The summed E-state index contributed by atoms with van der Waals surface area (Å²) in [7, 11) is 0. The van der Waals surface area contributed by atoms with Crippen LogP contribution >= 0.6 is 0 Å². The molecule has 7 heteroatoms. The van der Waals surface area contributed by atoms with E-state index in [4.69, 9.17) is 15.9 Å². The number of hydrogen-bond acceptors (Lipinski definition) is 5. The van der Waals surface area contributed by atoms with Crippen molar-refractivity contribution in [3.05, 3.63) is 6.17 Å². The lowest BCUT2D eigenvalue weighted by atomic mass is 9.98. The first-order chi connectivity index (χ1) is 6.54. The number of carboxylic acids is 2. The van der Waals surface area contributed by atoms with E-state index in [-0.39, 0.29) is 6.17 Å². The molecule has 0 radical (unpaired) electrons. The zero-order valence-corrected chi connectivity index (χ0v) is 6.99. The highest BCUT2D eigenvalue weighted by Gasteiger charge is 2.43. The van der Waals surface area contributed by atoms with Gasteiger partial charge >= 0.3 is 11.9 Å². The molecule has 0 spiro atoms. The van der Waals surface area contributed by atoms with Crippen LogP contribution in [0.3, 0.4) is 0 Å². The highest BCUT2D eigenvalue weighted by atomic mass is 16.4. The normalized spacial score (nSPS) is 18.2. The minimum atomic E-state index is -1.55. The van der Waals surface area contributed by atoms with Crippen LogP contribution in [0, 0.1) is 12.1 Å². The summed E-state index contributed by atoms with van der Waals surface area (Å²) in [6, 6.07) is -1.55. The van der Waals surface area contributed by atoms with Gasteiger partial charge in [-0.2, -0.15) is 0 Å². The van der Waals surface area contributed by atoms with E-state index >= 15 is 0 Å². The number of nitrogens with two attached hydrogens (primary N) is 1. The van der Waals surface area contributed by atoms with Gasteiger partial charge < -0.3 is 15.9 Å². The third-order valence-corrected chi connectivity index (χ3v) is 1.67. The van der Waals surface area contributed by atoms with E-state index in [1.54, 1.807) is 0 Å². The average Bonchev–Trinajstić information content (AvgIpc) is 2.56. The molecular weight excluding hydrogens is 190 g/mol. The molecule has 0 aromatic heterocycles. The summed E-state index contributed by atoms with van der Waals surface area (Å²) < 4.78 is 0. The largest absolute Gasteiger partial charge is 0.480 e. The Morgan fingerprint density at radius 1 is 1.21 bits per heavy atom. The third kappa shape index (κ3) is 1.88. The Kier molecular flexibility index (Phi) is 2.82. The van der Waals surface area contributed by atoms with Crippen LogP contribution in [0.4, 0.5) is 0 Å². The van der Waals surface area contributed by atoms with Crippen LogP contribution in [-0.2, 0) is 9.59 Å². The van der Waals surface area contributed by atoms with Crippen LogP contribution < -0.4 is 5.73 Å². The summed E-state index contributed by atoms with van der Waals surface area (Å²) in [4.78, 5) is 28.4. The van der Waals surface area contributed by atoms with Gasteiger partial charge in [-0.15, -0.1) is 0 Å². The Labute approximate surface area is 79.0 Å². The first kappa shape index (κ1) is 10.2. The van der Waals surface area contributed by atoms with Gasteiger partial charge in [-0.05, 0) is 0 Å². The molecule has 0 aromatic carbocycles. The lowest BCUT2D eigenvalue weighted by Crippen LogP contribution is -2.44. The van der Waals surface area contributed by atoms with Crippen molar-refractivity contribution in [1.82, 2.24) is 0 Å². The van der Waals surface area contributed by atoms with Crippen molar-refractivity contribution in [2.75, 3.05) is 0 Å². The molecule has 1 rings (SSSR count). The lowest BCUT2D eigenvalue weighted by Gasteiger charge is -2.13. The molecule has 7 nitrogen and oxygen atoms in total. The summed E-state index contributed by atoms with van der Waals surface area (Å²) in [6.07, 6.45) is 2.46. The number of carbonyl (C=O) groups is 2. The standard InChI is InChI=1S/C7H7N3O4/c8-4(7(13)14)3(6(11)12)5-9-1-2-10-5/h1-4H,8H2,(H-,11,12,13,14)/p+1. The highest BCUT2D eigenvalue weighted by Crippen LogP contribution is 2.22. The molecule has 0 fully saturated rings. The van der Waals surface area contributed by atoms with Gasteiger partial charge in [-0.1, -0.05) is 9.98 Å². The van der Waals surface area contributed by atoms with Crippen molar-refractivity contribution >= 4 is 24.4 Å². The number of rotatable bonds is 4. The molecule has 14 heavy (non-hydrogen) atoms. The van der Waals surface area contributed by atoms with E-state index in [0.717, 1.165) is 0 Å². The minimum absolute atomic E-state index is 0.0904. The van der Waals surface area contributed by atoms with E-state index in [9.17, 15) is 9.59 Å². The molecule has 0 saturated heterocycles. The third-order valence-electron chi connectivity index (χ3n) is 1.67. The Balaban J connectivity index is 2.84. The predicted molar refractivity (Wildman–Crippen MR) is 47.0 cm³/mol. The average molecular weight is 198 g/mol. The summed E-state index contributed by atoms with van der Waals surface area (Å²) >= 11 is 0. The zero-order valence-electron chi connectivity index (χ0n) is 6.99. The van der Waals surface area contributed by atoms with E-state index in [1.165, 1.54) is 12.4 Å². The Morgan fingerprint density at radius 2 is 1.71 bits per heavy atom. The van der Waals surface area contributed by atoms with Gasteiger partial charge in [-0.3, -0.25) is 9.59 Å². The van der Waals surface area contributed by atoms with Crippen molar-refractivity contribution in [2.24, 2.45) is 21.6 Å². The number of nitrogens with zero attached hydrogens (tertiary/aromatic N) is 2. The van der Waals surface area contributed by atoms with Crippen LogP contribution in [0.15, 0.2) is 9.98 Å². The predicted octanol–water partition coefficient (Wildman–Crippen LogP) is -1.26. The lowest BCUT2D eigenvalue weighted by molar-refractivity contribution is -0.149. The van der Waals surface area contributed by atoms with Crippen molar-refractivity contribution in [2.45, 2.75) is 6.04 Å². The maximum Gasteiger partial charge on any atom is 0.329 e. The second kappa shape index (κ2) is 3.88. The molecule has 1 heterocycles. The second-order valence-electron chi connectivity index (χ2n) is 2.59. The van der Waals surface area contributed by atoms with Crippen LogP contribution in [0.2, 0.25) is 0 Å². The first-order valence-corrected chi connectivity index (χ1v) is 3.69. The van der Waals surface area contributed by atoms with Crippen molar-refractivity contribution < 1.29 is 19.8 Å². The summed E-state index contributed by atoms with van der Waals surface area (Å²) in [6.45, 7) is 0. The molecule has 4 N–H and O–H groups in total. The fourth-order valence-corrected chi connectivity index (χ4v) is 0.981. The van der Waals surface area contributed by atoms with Gasteiger partial charge in [0.2, 0.25) is 0 Å². The molecule has 74 valence electrons. The molecule has 0 aliphatic carbocycles. The molecule has 2 unspecified atom stereocenters. The smallest absolute Gasteiger partial charge is 0.329 e. The van der Waals surface area contributed by atoms with E-state index in [0.29, 0.717) is 0 Å². The van der Waals surface area contributed by atoms with E-state index in [1.807, 2.05) is 0 Å². The molecule has 0 amide bonds. The van der Waals surface area contributed by atoms with Gasteiger partial charge in [0, 0.05) is 0 Å². The molecule has 1 aliphatic heterocycles. The van der Waals surface area contributed by atoms with Gasteiger partial charge in [0.15, 0.2) is 18.3 Å². The second-order valence-corrected chi connectivity index (χ2v) is 2.59. The van der Waals surface area contributed by atoms with Gasteiger partial charge in [-0.25, -0.2) is 0 Å². The van der Waals surface area contributed by atoms with Crippen LogP contribution in [0.5, 0.6) is 0 Å².